The molecule has 1 aliphatic heterocycles. The second-order valence-electron chi connectivity index (χ2n) is 8.53. The van der Waals surface area contributed by atoms with Crippen molar-refractivity contribution >= 4 is 17.5 Å². The number of aryl methyl sites for hydroxylation is 1. The molecule has 172 valence electrons. The highest BCUT2D eigenvalue weighted by molar-refractivity contribution is 5.93. The summed E-state index contributed by atoms with van der Waals surface area (Å²) in [6.45, 7) is 1.12. The predicted molar refractivity (Wildman–Crippen MR) is 118 cm³/mol. The quantitative estimate of drug-likeness (QED) is 0.623. The third kappa shape index (κ3) is 4.31. The summed E-state index contributed by atoms with van der Waals surface area (Å²) in [5.41, 5.74) is 2.30. The van der Waals surface area contributed by atoms with E-state index in [0.29, 0.717) is 31.7 Å². The molecular weight excluding hydrogens is 431 g/mol. The fourth-order valence-corrected chi connectivity index (χ4v) is 4.61. The number of carbonyl (C=O) groups excluding carboxylic acids is 1. The lowest BCUT2D eigenvalue weighted by Gasteiger charge is -2.32. The van der Waals surface area contributed by atoms with Gasteiger partial charge < -0.3 is 10.2 Å². The first-order valence-electron chi connectivity index (χ1n) is 11.2. The number of pyridine rings is 1. The topological polar surface area (TPSA) is 63.1 Å². The Morgan fingerprint density at radius 3 is 2.45 bits per heavy atom. The zero-order valence-electron chi connectivity index (χ0n) is 18.0. The summed E-state index contributed by atoms with van der Waals surface area (Å²) in [6, 6.07) is 12.2. The third-order valence-corrected chi connectivity index (χ3v) is 6.41. The molecule has 0 atom stereocenters. The molecule has 1 aromatic carbocycles. The minimum Gasteiger partial charge on any atom is -0.357 e. The van der Waals surface area contributed by atoms with E-state index in [9.17, 15) is 18.0 Å². The van der Waals surface area contributed by atoms with Gasteiger partial charge in [-0.15, -0.1) is 0 Å². The number of fused-ring (bicyclic) bond motifs is 1. The SMILES string of the molecule is O=C(Nc1c2c(nn1-c1ccccc1)CCC2)C1CCN(c2ccc(C(F)(F)F)cn2)CC1. The number of nitrogens with zero attached hydrogens (tertiary/aromatic N) is 4. The molecule has 0 saturated carbocycles. The van der Waals surface area contributed by atoms with Gasteiger partial charge in [-0.3, -0.25) is 4.79 Å². The Labute approximate surface area is 189 Å². The number of benzene rings is 1. The van der Waals surface area contributed by atoms with E-state index in [-0.39, 0.29) is 11.8 Å². The summed E-state index contributed by atoms with van der Waals surface area (Å²) in [5.74, 6) is 1.04. The minimum absolute atomic E-state index is 0.0400. The Bertz CT molecular complexity index is 1130. The Morgan fingerprint density at radius 1 is 1.03 bits per heavy atom. The maximum atomic E-state index is 13.1. The standard InChI is InChI=1S/C24H24F3N5O/c25-24(26,27)17-9-10-21(28-15-17)31-13-11-16(12-14-31)23(33)29-22-19-7-4-8-20(19)30-32(22)18-5-2-1-3-6-18/h1-3,5-6,9-10,15-16H,4,7-8,11-14H2,(H,29,33). The summed E-state index contributed by atoms with van der Waals surface area (Å²) in [6.07, 6.45) is 0.524. The van der Waals surface area contributed by atoms with Crippen LogP contribution in [0, 0.1) is 5.92 Å². The number of aromatic nitrogens is 3. The smallest absolute Gasteiger partial charge is 0.357 e. The number of hydrogen-bond donors (Lipinski definition) is 1. The van der Waals surface area contributed by atoms with Crippen molar-refractivity contribution in [3.8, 4) is 5.69 Å². The average molecular weight is 455 g/mol. The highest BCUT2D eigenvalue weighted by Crippen LogP contribution is 2.33. The lowest BCUT2D eigenvalue weighted by Crippen LogP contribution is -2.38. The monoisotopic (exact) mass is 455 g/mol. The number of rotatable bonds is 4. The van der Waals surface area contributed by atoms with Gasteiger partial charge in [0.05, 0.1) is 16.9 Å². The molecule has 0 spiro atoms. The van der Waals surface area contributed by atoms with Crippen LogP contribution in [-0.4, -0.2) is 33.8 Å². The van der Waals surface area contributed by atoms with E-state index in [0.717, 1.165) is 54.3 Å². The molecule has 3 heterocycles. The number of nitrogens with one attached hydrogen (secondary N) is 1. The molecule has 3 aromatic rings. The van der Waals surface area contributed by atoms with Crippen molar-refractivity contribution < 1.29 is 18.0 Å². The number of anilines is 2. The molecule has 9 heteroatoms. The number of para-hydroxylation sites is 1. The van der Waals surface area contributed by atoms with E-state index >= 15 is 0 Å². The molecule has 5 rings (SSSR count). The van der Waals surface area contributed by atoms with Crippen molar-refractivity contribution in [2.45, 2.75) is 38.3 Å². The normalized spacial score (nSPS) is 16.6. The van der Waals surface area contributed by atoms with Crippen molar-refractivity contribution in [2.75, 3.05) is 23.3 Å². The van der Waals surface area contributed by atoms with Gasteiger partial charge >= 0.3 is 6.18 Å². The van der Waals surface area contributed by atoms with E-state index in [1.165, 1.54) is 6.07 Å². The van der Waals surface area contributed by atoms with Gasteiger partial charge in [-0.1, -0.05) is 18.2 Å². The zero-order valence-corrected chi connectivity index (χ0v) is 18.0. The first kappa shape index (κ1) is 21.5. The fraction of sp³-hybridized carbons (Fsp3) is 0.375. The highest BCUT2D eigenvalue weighted by atomic mass is 19.4. The zero-order chi connectivity index (χ0) is 23.0. The van der Waals surface area contributed by atoms with Crippen LogP contribution >= 0.6 is 0 Å². The van der Waals surface area contributed by atoms with Crippen LogP contribution in [0.3, 0.4) is 0 Å². The van der Waals surface area contributed by atoms with Crippen LogP contribution < -0.4 is 10.2 Å². The maximum absolute atomic E-state index is 13.1. The molecule has 1 N–H and O–H groups in total. The van der Waals surface area contributed by atoms with Gasteiger partial charge in [-0.05, 0) is 56.4 Å². The first-order chi connectivity index (χ1) is 15.9. The van der Waals surface area contributed by atoms with E-state index in [1.54, 1.807) is 0 Å². The number of alkyl halides is 3. The van der Waals surface area contributed by atoms with Gasteiger partial charge in [0.2, 0.25) is 5.91 Å². The number of hydrogen-bond acceptors (Lipinski definition) is 4. The number of piperidine rings is 1. The second-order valence-corrected chi connectivity index (χ2v) is 8.53. The minimum atomic E-state index is -4.40. The third-order valence-electron chi connectivity index (χ3n) is 6.41. The van der Waals surface area contributed by atoms with E-state index in [4.69, 9.17) is 5.10 Å². The molecule has 1 fully saturated rings. The van der Waals surface area contributed by atoms with Gasteiger partial charge in [0.15, 0.2) is 0 Å². The molecule has 1 amide bonds. The summed E-state index contributed by atoms with van der Waals surface area (Å²) in [5, 5.41) is 7.88. The summed E-state index contributed by atoms with van der Waals surface area (Å²) < 4.78 is 40.1. The number of amides is 1. The first-order valence-corrected chi connectivity index (χ1v) is 11.2. The maximum Gasteiger partial charge on any atom is 0.417 e. The van der Waals surface area contributed by atoms with Crippen molar-refractivity contribution in [1.29, 1.82) is 0 Å². The van der Waals surface area contributed by atoms with Gasteiger partial charge in [-0.25, -0.2) is 9.67 Å². The Morgan fingerprint density at radius 2 is 1.79 bits per heavy atom. The molecule has 1 saturated heterocycles. The summed E-state index contributed by atoms with van der Waals surface area (Å²) >= 11 is 0. The molecule has 2 aromatic heterocycles. The molecule has 0 radical (unpaired) electrons. The van der Waals surface area contributed by atoms with Crippen molar-refractivity contribution in [3.63, 3.8) is 0 Å². The lowest BCUT2D eigenvalue weighted by atomic mass is 9.95. The van der Waals surface area contributed by atoms with Crippen molar-refractivity contribution in [1.82, 2.24) is 14.8 Å². The Hall–Kier alpha value is -3.36. The summed E-state index contributed by atoms with van der Waals surface area (Å²) in [7, 11) is 0. The Kier molecular flexibility index (Phi) is 5.55. The molecule has 2 aliphatic rings. The lowest BCUT2D eigenvalue weighted by molar-refractivity contribution is -0.137. The van der Waals surface area contributed by atoms with Gasteiger partial charge in [-0.2, -0.15) is 18.3 Å². The molecule has 33 heavy (non-hydrogen) atoms. The fourth-order valence-electron chi connectivity index (χ4n) is 4.61. The van der Waals surface area contributed by atoms with E-state index < -0.39 is 11.7 Å². The Balaban J connectivity index is 1.26. The number of carbonyl (C=O) groups is 1. The number of halogens is 3. The highest BCUT2D eigenvalue weighted by Gasteiger charge is 2.32. The predicted octanol–water partition coefficient (Wildman–Crippen LogP) is 4.63. The molecular formula is C24H24F3N5O. The van der Waals surface area contributed by atoms with Crippen LogP contribution in [0.5, 0.6) is 0 Å². The summed E-state index contributed by atoms with van der Waals surface area (Å²) in [4.78, 5) is 19.0. The van der Waals surface area contributed by atoms with E-state index in [1.807, 2.05) is 39.9 Å². The molecule has 1 aliphatic carbocycles. The van der Waals surface area contributed by atoms with Crippen LogP contribution in [0.15, 0.2) is 48.7 Å². The van der Waals surface area contributed by atoms with Crippen LogP contribution in [0.4, 0.5) is 24.8 Å². The van der Waals surface area contributed by atoms with Gasteiger partial charge in [0, 0.05) is 30.8 Å². The van der Waals surface area contributed by atoms with Crippen molar-refractivity contribution in [2.24, 2.45) is 5.92 Å². The van der Waals surface area contributed by atoms with E-state index in [2.05, 4.69) is 10.3 Å². The van der Waals surface area contributed by atoms with Gasteiger partial charge in [0.1, 0.15) is 11.6 Å². The molecule has 6 nitrogen and oxygen atoms in total. The largest absolute Gasteiger partial charge is 0.417 e. The van der Waals surface area contributed by atoms with Crippen molar-refractivity contribution in [3.05, 3.63) is 65.5 Å². The second kappa shape index (κ2) is 8.53. The van der Waals surface area contributed by atoms with Crippen LogP contribution in [0.1, 0.15) is 36.1 Å². The van der Waals surface area contributed by atoms with Crippen LogP contribution in [0.2, 0.25) is 0 Å². The average Bonchev–Trinajstić information content (AvgIpc) is 3.42. The van der Waals surface area contributed by atoms with Gasteiger partial charge in [0.25, 0.3) is 0 Å². The van der Waals surface area contributed by atoms with Crippen LogP contribution in [0.25, 0.3) is 5.69 Å². The molecule has 0 unspecified atom stereocenters. The molecule has 0 bridgehead atoms. The van der Waals surface area contributed by atoms with Crippen LogP contribution in [-0.2, 0) is 23.8 Å².